The van der Waals surface area contributed by atoms with E-state index in [0.717, 1.165) is 24.0 Å². The zero-order valence-corrected chi connectivity index (χ0v) is 11.2. The summed E-state index contributed by atoms with van der Waals surface area (Å²) in [5, 5.41) is 21.2. The average molecular weight is 241 g/mol. The van der Waals surface area contributed by atoms with Crippen LogP contribution in [0.4, 0.5) is 0 Å². The van der Waals surface area contributed by atoms with Crippen molar-refractivity contribution in [1.82, 2.24) is 0 Å². The summed E-state index contributed by atoms with van der Waals surface area (Å²) >= 11 is 0. The summed E-state index contributed by atoms with van der Waals surface area (Å²) < 4.78 is 0. The van der Waals surface area contributed by atoms with Crippen molar-refractivity contribution in [2.24, 2.45) is 5.41 Å². The first-order chi connectivity index (χ1) is 7.81. The van der Waals surface area contributed by atoms with Crippen molar-refractivity contribution >= 4 is 0 Å². The number of nitrogens with zero attached hydrogens (tertiary/aromatic N) is 1. The normalized spacial score (nSPS) is 25.8. The maximum Gasteiger partial charge on any atom is 0.234 e. The second kappa shape index (κ2) is 5.17. The molecule has 1 aliphatic rings. The van der Waals surface area contributed by atoms with Crippen LogP contribution < -0.4 is 0 Å². The molecule has 2 unspecified atom stereocenters. The number of hydrogen-bond acceptors (Lipinski definition) is 3. The zero-order chi connectivity index (χ0) is 13.2. The molecule has 4 nitrogen and oxygen atoms in total. The van der Waals surface area contributed by atoms with Crippen molar-refractivity contribution in [3.63, 3.8) is 0 Å². The third-order valence-corrected chi connectivity index (χ3v) is 3.85. The fourth-order valence-corrected chi connectivity index (χ4v) is 2.96. The lowest BCUT2D eigenvalue weighted by Gasteiger charge is -2.37. The standard InChI is InChI=1S/C13H23NO3/c1-5-6-11(15)12-9(2)10(14(16)17)7-8-13(12,3)4/h10-11,15H,5-8H2,1-4H3. The molecular weight excluding hydrogens is 218 g/mol. The smallest absolute Gasteiger partial charge is 0.234 e. The van der Waals surface area contributed by atoms with Gasteiger partial charge in [0.2, 0.25) is 6.04 Å². The Balaban J connectivity index is 3.13. The Hall–Kier alpha value is -0.900. The molecule has 0 fully saturated rings. The molecule has 0 radical (unpaired) electrons. The van der Waals surface area contributed by atoms with Crippen LogP contribution in [-0.2, 0) is 0 Å². The van der Waals surface area contributed by atoms with E-state index in [0.29, 0.717) is 12.8 Å². The van der Waals surface area contributed by atoms with Crippen LogP contribution in [0.5, 0.6) is 0 Å². The van der Waals surface area contributed by atoms with Gasteiger partial charge in [-0.05, 0) is 30.8 Å². The topological polar surface area (TPSA) is 63.4 Å². The van der Waals surface area contributed by atoms with Gasteiger partial charge in [0, 0.05) is 16.9 Å². The molecule has 98 valence electrons. The van der Waals surface area contributed by atoms with Gasteiger partial charge in [0.25, 0.3) is 0 Å². The second-order valence-electron chi connectivity index (χ2n) is 5.62. The van der Waals surface area contributed by atoms with Crippen LogP contribution in [-0.4, -0.2) is 22.2 Å². The van der Waals surface area contributed by atoms with E-state index in [1.54, 1.807) is 0 Å². The molecule has 0 aromatic carbocycles. The first-order valence-corrected chi connectivity index (χ1v) is 6.34. The average Bonchev–Trinajstić information content (AvgIpc) is 2.15. The lowest BCUT2D eigenvalue weighted by atomic mass is 9.68. The van der Waals surface area contributed by atoms with Gasteiger partial charge in [0.15, 0.2) is 0 Å². The molecule has 0 aliphatic heterocycles. The fraction of sp³-hybridized carbons (Fsp3) is 0.846. The van der Waals surface area contributed by atoms with Crippen LogP contribution in [0.2, 0.25) is 0 Å². The van der Waals surface area contributed by atoms with Crippen LogP contribution in [0.15, 0.2) is 11.1 Å². The monoisotopic (exact) mass is 241 g/mol. The molecule has 0 saturated carbocycles. The molecule has 0 amide bonds. The molecule has 0 bridgehead atoms. The van der Waals surface area contributed by atoms with Gasteiger partial charge in [-0.1, -0.05) is 27.2 Å². The predicted molar refractivity (Wildman–Crippen MR) is 67.4 cm³/mol. The van der Waals surface area contributed by atoms with Crippen molar-refractivity contribution < 1.29 is 10.0 Å². The van der Waals surface area contributed by atoms with Crippen LogP contribution in [0.25, 0.3) is 0 Å². The van der Waals surface area contributed by atoms with E-state index < -0.39 is 12.1 Å². The van der Waals surface area contributed by atoms with Gasteiger partial charge in [0.1, 0.15) is 0 Å². The summed E-state index contributed by atoms with van der Waals surface area (Å²) in [5.41, 5.74) is 1.55. The molecule has 1 rings (SSSR count). The first kappa shape index (κ1) is 14.2. The van der Waals surface area contributed by atoms with E-state index in [1.165, 1.54) is 0 Å². The lowest BCUT2D eigenvalue weighted by Crippen LogP contribution is -2.37. The second-order valence-corrected chi connectivity index (χ2v) is 5.62. The Morgan fingerprint density at radius 2 is 2.18 bits per heavy atom. The van der Waals surface area contributed by atoms with Gasteiger partial charge in [-0.25, -0.2) is 0 Å². The minimum Gasteiger partial charge on any atom is -0.389 e. The molecule has 0 saturated heterocycles. The van der Waals surface area contributed by atoms with Crippen molar-refractivity contribution in [3.8, 4) is 0 Å². The molecule has 0 spiro atoms. The maximum atomic E-state index is 11.0. The number of aliphatic hydroxyl groups excluding tert-OH is 1. The number of nitro groups is 1. The summed E-state index contributed by atoms with van der Waals surface area (Å²) in [5.74, 6) is 0. The Kier molecular flexibility index (Phi) is 4.31. The van der Waals surface area contributed by atoms with E-state index in [1.807, 2.05) is 13.8 Å². The Labute approximate surface area is 103 Å². The molecule has 17 heavy (non-hydrogen) atoms. The largest absolute Gasteiger partial charge is 0.389 e. The molecule has 0 aromatic rings. The summed E-state index contributed by atoms with van der Waals surface area (Å²) in [6.07, 6.45) is 2.38. The number of aliphatic hydroxyl groups is 1. The van der Waals surface area contributed by atoms with Crippen molar-refractivity contribution in [2.45, 2.75) is 65.5 Å². The van der Waals surface area contributed by atoms with Crippen molar-refractivity contribution in [1.29, 1.82) is 0 Å². The Bertz CT molecular complexity index is 334. The molecule has 0 heterocycles. The van der Waals surface area contributed by atoms with E-state index in [9.17, 15) is 15.2 Å². The van der Waals surface area contributed by atoms with Gasteiger partial charge in [-0.15, -0.1) is 0 Å². The van der Waals surface area contributed by atoms with E-state index in [4.69, 9.17) is 0 Å². The van der Waals surface area contributed by atoms with Crippen LogP contribution in [0.3, 0.4) is 0 Å². The summed E-state index contributed by atoms with van der Waals surface area (Å²) in [6.45, 7) is 7.96. The molecule has 4 heteroatoms. The molecule has 1 aliphatic carbocycles. The van der Waals surface area contributed by atoms with Crippen LogP contribution >= 0.6 is 0 Å². The summed E-state index contributed by atoms with van der Waals surface area (Å²) in [4.78, 5) is 10.8. The molecule has 0 aromatic heterocycles. The van der Waals surface area contributed by atoms with Gasteiger partial charge >= 0.3 is 0 Å². The highest BCUT2D eigenvalue weighted by molar-refractivity contribution is 5.28. The molecule has 2 atom stereocenters. The van der Waals surface area contributed by atoms with Gasteiger partial charge in [-0.2, -0.15) is 0 Å². The predicted octanol–water partition coefficient (Wildman–Crippen LogP) is 2.93. The van der Waals surface area contributed by atoms with Crippen LogP contribution in [0.1, 0.15) is 53.4 Å². The quantitative estimate of drug-likeness (QED) is 0.467. The third-order valence-electron chi connectivity index (χ3n) is 3.85. The van der Waals surface area contributed by atoms with Gasteiger partial charge in [0.05, 0.1) is 6.10 Å². The van der Waals surface area contributed by atoms with Crippen molar-refractivity contribution in [3.05, 3.63) is 21.3 Å². The van der Waals surface area contributed by atoms with Gasteiger partial charge < -0.3 is 5.11 Å². The zero-order valence-electron chi connectivity index (χ0n) is 11.2. The van der Waals surface area contributed by atoms with E-state index >= 15 is 0 Å². The highest BCUT2D eigenvalue weighted by Gasteiger charge is 2.40. The highest BCUT2D eigenvalue weighted by atomic mass is 16.6. The Morgan fingerprint density at radius 3 is 2.65 bits per heavy atom. The number of rotatable bonds is 4. The van der Waals surface area contributed by atoms with Crippen molar-refractivity contribution in [2.75, 3.05) is 0 Å². The molecular formula is C13H23NO3. The SMILES string of the molecule is CCCC(O)C1=C(C)C([N+](=O)[O-])CCC1(C)C. The highest BCUT2D eigenvalue weighted by Crippen LogP contribution is 2.43. The summed E-state index contributed by atoms with van der Waals surface area (Å²) in [6, 6.07) is -0.607. The number of hydrogen-bond donors (Lipinski definition) is 1. The third kappa shape index (κ3) is 2.86. The van der Waals surface area contributed by atoms with Crippen LogP contribution in [0, 0.1) is 15.5 Å². The lowest BCUT2D eigenvalue weighted by molar-refractivity contribution is -0.514. The minimum absolute atomic E-state index is 0.120. The maximum absolute atomic E-state index is 11.0. The molecule has 1 N–H and O–H groups in total. The summed E-state index contributed by atoms with van der Waals surface area (Å²) in [7, 11) is 0. The minimum atomic E-state index is -0.607. The van der Waals surface area contributed by atoms with E-state index in [2.05, 4.69) is 13.8 Å². The van der Waals surface area contributed by atoms with Gasteiger partial charge in [-0.3, -0.25) is 10.1 Å². The Morgan fingerprint density at radius 1 is 1.59 bits per heavy atom. The fourth-order valence-electron chi connectivity index (χ4n) is 2.96. The first-order valence-electron chi connectivity index (χ1n) is 6.34. The van der Waals surface area contributed by atoms with E-state index in [-0.39, 0.29) is 10.3 Å².